The molecule has 0 unspecified atom stereocenters. The van der Waals surface area contributed by atoms with Crippen LogP contribution in [0.4, 0.5) is 0 Å². The van der Waals surface area contributed by atoms with Gasteiger partial charge in [0.2, 0.25) is 21.7 Å². The maximum absolute atomic E-state index is 13.2. The number of amides is 1. The third-order valence-corrected chi connectivity index (χ3v) is 8.50. The minimum atomic E-state index is -3.95. The Morgan fingerprint density at radius 3 is 2.54 bits per heavy atom. The van der Waals surface area contributed by atoms with Crippen LogP contribution in [0, 0.1) is 5.92 Å². The molecule has 0 spiro atoms. The summed E-state index contributed by atoms with van der Waals surface area (Å²) in [5, 5.41) is 3.94. The Balaban J connectivity index is 1.49. The zero-order chi connectivity index (χ0) is 26.6. The molecule has 1 N–H and O–H groups in total. The van der Waals surface area contributed by atoms with E-state index in [-0.39, 0.29) is 29.1 Å². The Bertz CT molecular complexity index is 1370. The first kappa shape index (κ1) is 27.0. The van der Waals surface area contributed by atoms with E-state index in [1.165, 1.54) is 38.1 Å². The SMILES string of the molecule is COc1ccc(-c2noc(CNS(=O)(=O)c3ccc(SC)c(C(=O)N4CCC(C)CC4)c3)n2)cc1OC. The molecule has 0 bridgehead atoms. The largest absolute Gasteiger partial charge is 0.493 e. The van der Waals surface area contributed by atoms with Gasteiger partial charge in [-0.05, 0) is 61.4 Å². The molecule has 37 heavy (non-hydrogen) atoms. The number of thioether (sulfide) groups is 1. The number of carbonyl (C=O) groups excluding carboxylic acids is 1. The van der Waals surface area contributed by atoms with Crippen LogP contribution in [0.2, 0.25) is 0 Å². The van der Waals surface area contributed by atoms with Crippen molar-refractivity contribution in [3.8, 4) is 22.9 Å². The zero-order valence-corrected chi connectivity index (χ0v) is 22.8. The summed E-state index contributed by atoms with van der Waals surface area (Å²) in [5.74, 6) is 1.87. The minimum Gasteiger partial charge on any atom is -0.493 e. The molecule has 0 radical (unpaired) electrons. The third kappa shape index (κ3) is 6.08. The summed E-state index contributed by atoms with van der Waals surface area (Å²) in [5.41, 5.74) is 1.01. The van der Waals surface area contributed by atoms with Gasteiger partial charge in [-0.15, -0.1) is 11.8 Å². The maximum atomic E-state index is 13.2. The zero-order valence-electron chi connectivity index (χ0n) is 21.2. The molecule has 0 saturated carbocycles. The van der Waals surface area contributed by atoms with Crippen LogP contribution in [0.1, 0.15) is 36.0 Å². The number of likely N-dealkylation sites (tertiary alicyclic amines) is 1. The summed E-state index contributed by atoms with van der Waals surface area (Å²) in [6, 6.07) is 9.76. The quantitative estimate of drug-likeness (QED) is 0.399. The van der Waals surface area contributed by atoms with E-state index in [0.29, 0.717) is 41.6 Å². The smallest absolute Gasteiger partial charge is 0.255 e. The van der Waals surface area contributed by atoms with Crippen molar-refractivity contribution >= 4 is 27.7 Å². The molecule has 1 saturated heterocycles. The van der Waals surface area contributed by atoms with Gasteiger partial charge >= 0.3 is 0 Å². The van der Waals surface area contributed by atoms with Crippen LogP contribution in [0.25, 0.3) is 11.4 Å². The summed E-state index contributed by atoms with van der Waals surface area (Å²) in [6.45, 7) is 3.31. The van der Waals surface area contributed by atoms with Gasteiger partial charge in [-0.2, -0.15) is 4.98 Å². The van der Waals surface area contributed by atoms with Gasteiger partial charge in [0.25, 0.3) is 5.91 Å². The predicted molar refractivity (Wildman–Crippen MR) is 139 cm³/mol. The molecule has 0 aliphatic carbocycles. The lowest BCUT2D eigenvalue weighted by atomic mass is 9.98. The Kier molecular flexibility index (Phi) is 8.40. The van der Waals surface area contributed by atoms with Crippen molar-refractivity contribution in [1.29, 1.82) is 0 Å². The van der Waals surface area contributed by atoms with Gasteiger partial charge in [0, 0.05) is 23.5 Å². The van der Waals surface area contributed by atoms with E-state index in [1.54, 1.807) is 29.2 Å². The number of sulfonamides is 1. The molecule has 0 atom stereocenters. The van der Waals surface area contributed by atoms with Gasteiger partial charge in [0.1, 0.15) is 0 Å². The molecule has 12 heteroatoms. The van der Waals surface area contributed by atoms with E-state index in [4.69, 9.17) is 14.0 Å². The number of aromatic nitrogens is 2. The van der Waals surface area contributed by atoms with Crippen LogP contribution in [0.15, 0.2) is 50.7 Å². The van der Waals surface area contributed by atoms with Crippen molar-refractivity contribution in [2.75, 3.05) is 33.6 Å². The number of hydrogen-bond acceptors (Lipinski definition) is 9. The molecule has 1 aromatic heterocycles. The molecule has 3 aromatic rings. The van der Waals surface area contributed by atoms with Crippen molar-refractivity contribution in [3.63, 3.8) is 0 Å². The van der Waals surface area contributed by atoms with Crippen molar-refractivity contribution in [2.24, 2.45) is 5.92 Å². The van der Waals surface area contributed by atoms with E-state index in [1.807, 2.05) is 6.26 Å². The molecule has 2 heterocycles. The number of methoxy groups -OCH3 is 2. The Morgan fingerprint density at radius 1 is 1.14 bits per heavy atom. The van der Waals surface area contributed by atoms with E-state index in [2.05, 4.69) is 21.8 Å². The second-order valence-corrected chi connectivity index (χ2v) is 11.4. The number of nitrogens with one attached hydrogen (secondary N) is 1. The fourth-order valence-corrected chi connectivity index (χ4v) is 5.63. The maximum Gasteiger partial charge on any atom is 0.255 e. The molecule has 198 valence electrons. The summed E-state index contributed by atoms with van der Waals surface area (Å²) < 4.78 is 44.4. The summed E-state index contributed by atoms with van der Waals surface area (Å²) in [6.07, 6.45) is 3.74. The standard InChI is InChI=1S/C25H30N4O6S2/c1-16-9-11-29(12-10-16)25(30)19-14-18(6-8-22(19)36-4)37(31,32)26-15-23-27-24(28-35-23)17-5-7-20(33-2)21(13-17)34-3/h5-8,13-14,16,26H,9-12,15H2,1-4H3. The Morgan fingerprint density at radius 2 is 1.86 bits per heavy atom. The van der Waals surface area contributed by atoms with Gasteiger partial charge in [-0.3, -0.25) is 4.79 Å². The van der Waals surface area contributed by atoms with Gasteiger partial charge in [0.15, 0.2) is 11.5 Å². The molecular formula is C25H30N4O6S2. The fraction of sp³-hybridized carbons (Fsp3) is 0.400. The van der Waals surface area contributed by atoms with Gasteiger partial charge in [-0.1, -0.05) is 12.1 Å². The van der Waals surface area contributed by atoms with E-state index in [9.17, 15) is 13.2 Å². The number of rotatable bonds is 9. The van der Waals surface area contributed by atoms with Crippen LogP contribution in [0.3, 0.4) is 0 Å². The van der Waals surface area contributed by atoms with Crippen LogP contribution in [-0.2, 0) is 16.6 Å². The normalized spacial score (nSPS) is 14.5. The first-order valence-corrected chi connectivity index (χ1v) is 14.5. The van der Waals surface area contributed by atoms with Gasteiger partial charge in [0.05, 0.1) is 31.2 Å². The molecule has 1 fully saturated rings. The summed E-state index contributed by atoms with van der Waals surface area (Å²) in [4.78, 5) is 20.0. The van der Waals surface area contributed by atoms with Crippen molar-refractivity contribution < 1.29 is 27.2 Å². The third-order valence-electron chi connectivity index (χ3n) is 6.31. The highest BCUT2D eigenvalue weighted by molar-refractivity contribution is 7.98. The Labute approximate surface area is 220 Å². The predicted octanol–water partition coefficient (Wildman–Crippen LogP) is 3.83. The average molecular weight is 547 g/mol. The van der Waals surface area contributed by atoms with Gasteiger partial charge in [-0.25, -0.2) is 13.1 Å². The monoisotopic (exact) mass is 546 g/mol. The fourth-order valence-electron chi connectivity index (χ4n) is 4.06. The lowest BCUT2D eigenvalue weighted by Crippen LogP contribution is -2.38. The highest BCUT2D eigenvalue weighted by Crippen LogP contribution is 2.31. The Hall–Kier alpha value is -3.09. The molecule has 1 aliphatic heterocycles. The molecular weight excluding hydrogens is 516 g/mol. The van der Waals surface area contributed by atoms with Crippen LogP contribution in [0.5, 0.6) is 11.5 Å². The van der Waals surface area contributed by atoms with E-state index in [0.717, 1.165) is 17.7 Å². The highest BCUT2D eigenvalue weighted by atomic mass is 32.2. The van der Waals surface area contributed by atoms with Crippen LogP contribution in [-0.4, -0.2) is 62.9 Å². The molecule has 2 aromatic carbocycles. The molecule has 10 nitrogen and oxygen atoms in total. The van der Waals surface area contributed by atoms with Crippen molar-refractivity contribution in [1.82, 2.24) is 19.8 Å². The van der Waals surface area contributed by atoms with Crippen LogP contribution < -0.4 is 14.2 Å². The average Bonchev–Trinajstić information content (AvgIpc) is 3.40. The topological polar surface area (TPSA) is 124 Å². The lowest BCUT2D eigenvalue weighted by molar-refractivity contribution is 0.0693. The number of ether oxygens (including phenoxy) is 2. The number of piperidine rings is 1. The first-order chi connectivity index (χ1) is 17.7. The number of carbonyl (C=O) groups is 1. The van der Waals surface area contributed by atoms with E-state index < -0.39 is 10.0 Å². The molecule has 1 amide bonds. The van der Waals surface area contributed by atoms with Crippen molar-refractivity contribution in [3.05, 3.63) is 47.9 Å². The second-order valence-electron chi connectivity index (χ2n) is 8.74. The molecule has 1 aliphatic rings. The number of hydrogen-bond donors (Lipinski definition) is 1. The lowest BCUT2D eigenvalue weighted by Gasteiger charge is -2.30. The molecule has 4 rings (SSSR count). The summed E-state index contributed by atoms with van der Waals surface area (Å²) in [7, 11) is -0.885. The highest BCUT2D eigenvalue weighted by Gasteiger charge is 2.26. The number of nitrogens with zero attached hydrogens (tertiary/aromatic N) is 3. The first-order valence-electron chi connectivity index (χ1n) is 11.8. The van der Waals surface area contributed by atoms with Crippen LogP contribution >= 0.6 is 11.8 Å². The van der Waals surface area contributed by atoms with Crippen molar-refractivity contribution in [2.45, 2.75) is 36.1 Å². The second kappa shape index (κ2) is 11.5. The minimum absolute atomic E-state index is 0.00124. The van der Waals surface area contributed by atoms with Gasteiger partial charge < -0.3 is 18.9 Å². The number of benzene rings is 2. The van der Waals surface area contributed by atoms with E-state index >= 15 is 0 Å². The summed E-state index contributed by atoms with van der Waals surface area (Å²) >= 11 is 1.41.